The van der Waals surface area contributed by atoms with Gasteiger partial charge < -0.3 is 17.2 Å². The maximum Gasteiger partial charge on any atom is 0.190 e. The molecule has 0 unspecified atom stereocenters. The number of nitrogens with two attached hydrogens (primary N) is 3. The molecular formula is C4H10N4. The van der Waals surface area contributed by atoms with Crippen LogP contribution >= 0.6 is 0 Å². The second kappa shape index (κ2) is 2.90. The summed E-state index contributed by atoms with van der Waals surface area (Å²) in [5.41, 5.74) is 15.7. The Kier molecular flexibility index (Phi) is 2.47. The Bertz CT molecular complexity index is 120. The van der Waals surface area contributed by atoms with Crippen molar-refractivity contribution in [3.8, 4) is 0 Å². The second-order valence-electron chi connectivity index (χ2n) is 1.34. The van der Waals surface area contributed by atoms with Gasteiger partial charge in [0.15, 0.2) is 5.96 Å². The van der Waals surface area contributed by atoms with Crippen LogP contribution in [0.2, 0.25) is 0 Å². The van der Waals surface area contributed by atoms with Crippen LogP contribution in [0, 0.1) is 0 Å². The van der Waals surface area contributed by atoms with Crippen molar-refractivity contribution < 1.29 is 0 Å². The van der Waals surface area contributed by atoms with E-state index in [-0.39, 0.29) is 5.96 Å². The summed E-state index contributed by atoms with van der Waals surface area (Å²) >= 11 is 0. The van der Waals surface area contributed by atoms with Crippen molar-refractivity contribution in [2.75, 3.05) is 0 Å². The van der Waals surface area contributed by atoms with Gasteiger partial charge in [0.1, 0.15) is 0 Å². The molecule has 4 nitrogen and oxygen atoms in total. The van der Waals surface area contributed by atoms with Crippen molar-refractivity contribution in [2.45, 2.75) is 6.92 Å². The molecule has 0 aromatic heterocycles. The summed E-state index contributed by atoms with van der Waals surface area (Å²) in [6.07, 6.45) is 1.33. The first kappa shape index (κ1) is 6.81. The third kappa shape index (κ3) is 3.02. The monoisotopic (exact) mass is 114 g/mol. The summed E-state index contributed by atoms with van der Waals surface area (Å²) in [5.74, 6) is 0.0317. The molecule has 0 saturated carbocycles. The summed E-state index contributed by atoms with van der Waals surface area (Å²) in [5, 5.41) is 0. The van der Waals surface area contributed by atoms with Gasteiger partial charge in [0, 0.05) is 6.20 Å². The van der Waals surface area contributed by atoms with Crippen LogP contribution in [0.1, 0.15) is 6.92 Å². The highest BCUT2D eigenvalue weighted by atomic mass is 15.0. The van der Waals surface area contributed by atoms with E-state index < -0.39 is 0 Å². The largest absolute Gasteiger partial charge is 0.403 e. The highest BCUT2D eigenvalue weighted by molar-refractivity contribution is 5.76. The lowest BCUT2D eigenvalue weighted by Gasteiger charge is -1.88. The highest BCUT2D eigenvalue weighted by Crippen LogP contribution is 1.86. The third-order valence-corrected chi connectivity index (χ3v) is 0.547. The molecule has 0 spiro atoms. The Hall–Kier alpha value is -1.19. The Balaban J connectivity index is 3.89. The third-order valence-electron chi connectivity index (χ3n) is 0.547. The standard InChI is InChI=1S/C4H10N4/c1-3(2-5)8-4(6)7/h2H,5H2,1H3,(H4,6,7,8)/b3-2-. The molecule has 0 radical (unpaired) electrons. The van der Waals surface area contributed by atoms with Crippen molar-refractivity contribution in [2.24, 2.45) is 22.2 Å². The minimum atomic E-state index is 0.0317. The predicted octanol–water partition coefficient (Wildman–Crippen LogP) is -0.920. The molecule has 8 heavy (non-hydrogen) atoms. The molecule has 6 N–H and O–H groups in total. The first-order chi connectivity index (χ1) is 3.66. The van der Waals surface area contributed by atoms with Crippen LogP contribution < -0.4 is 17.2 Å². The van der Waals surface area contributed by atoms with Gasteiger partial charge in [-0.2, -0.15) is 0 Å². The minimum Gasteiger partial charge on any atom is -0.403 e. The zero-order valence-electron chi connectivity index (χ0n) is 4.76. The lowest BCUT2D eigenvalue weighted by molar-refractivity contribution is 1.24. The lowest BCUT2D eigenvalue weighted by atomic mass is 10.6. The van der Waals surface area contributed by atoms with Gasteiger partial charge in [-0.1, -0.05) is 0 Å². The number of guanidine groups is 1. The molecule has 0 atom stereocenters. The van der Waals surface area contributed by atoms with E-state index in [0.29, 0.717) is 5.70 Å². The smallest absolute Gasteiger partial charge is 0.190 e. The van der Waals surface area contributed by atoms with Gasteiger partial charge >= 0.3 is 0 Å². The van der Waals surface area contributed by atoms with Crippen LogP contribution in [0.25, 0.3) is 0 Å². The Morgan fingerprint density at radius 2 is 2.00 bits per heavy atom. The van der Waals surface area contributed by atoms with E-state index in [4.69, 9.17) is 17.2 Å². The van der Waals surface area contributed by atoms with E-state index in [1.165, 1.54) is 6.20 Å². The van der Waals surface area contributed by atoms with Crippen molar-refractivity contribution in [3.63, 3.8) is 0 Å². The van der Waals surface area contributed by atoms with Crippen LogP contribution in [0.4, 0.5) is 0 Å². The minimum absolute atomic E-state index is 0.0317. The van der Waals surface area contributed by atoms with Gasteiger partial charge in [0.05, 0.1) is 5.70 Å². The van der Waals surface area contributed by atoms with E-state index in [9.17, 15) is 0 Å². The van der Waals surface area contributed by atoms with Crippen LogP contribution in [0.3, 0.4) is 0 Å². The summed E-state index contributed by atoms with van der Waals surface area (Å²) in [7, 11) is 0. The van der Waals surface area contributed by atoms with E-state index >= 15 is 0 Å². The number of allylic oxidation sites excluding steroid dienone is 1. The van der Waals surface area contributed by atoms with Gasteiger partial charge in [0.2, 0.25) is 0 Å². The zero-order chi connectivity index (χ0) is 6.57. The molecule has 0 saturated heterocycles. The molecule has 0 rings (SSSR count). The van der Waals surface area contributed by atoms with Crippen LogP contribution in [0.5, 0.6) is 0 Å². The molecule has 0 aromatic carbocycles. The van der Waals surface area contributed by atoms with Crippen molar-refractivity contribution in [1.82, 2.24) is 0 Å². The number of rotatable bonds is 1. The SMILES string of the molecule is C/C(=C/N)N=C(N)N. The molecule has 0 aliphatic carbocycles. The fraction of sp³-hybridized carbons (Fsp3) is 0.250. The fourth-order valence-corrected chi connectivity index (χ4v) is 0.241. The molecule has 0 bridgehead atoms. The molecule has 0 aliphatic heterocycles. The summed E-state index contributed by atoms with van der Waals surface area (Å²) in [6, 6.07) is 0. The average Bonchev–Trinajstić information content (AvgIpc) is 1.65. The first-order valence-electron chi connectivity index (χ1n) is 2.15. The molecule has 0 fully saturated rings. The molecule has 4 heteroatoms. The summed E-state index contributed by atoms with van der Waals surface area (Å²) in [4.78, 5) is 3.60. The molecule has 0 amide bonds. The van der Waals surface area contributed by atoms with Crippen LogP contribution in [-0.4, -0.2) is 5.96 Å². The van der Waals surface area contributed by atoms with E-state index in [2.05, 4.69) is 4.99 Å². The van der Waals surface area contributed by atoms with Crippen molar-refractivity contribution in [1.29, 1.82) is 0 Å². The fourth-order valence-electron chi connectivity index (χ4n) is 0.241. The molecule has 46 valence electrons. The highest BCUT2D eigenvalue weighted by Gasteiger charge is 1.79. The van der Waals surface area contributed by atoms with E-state index in [1.807, 2.05) is 0 Å². The predicted molar refractivity (Wildman–Crippen MR) is 33.8 cm³/mol. The number of hydrogen-bond donors (Lipinski definition) is 3. The first-order valence-corrected chi connectivity index (χ1v) is 2.15. The lowest BCUT2D eigenvalue weighted by Crippen LogP contribution is -2.22. The molecule has 0 aromatic rings. The van der Waals surface area contributed by atoms with Gasteiger partial charge in [-0.05, 0) is 6.92 Å². The quantitative estimate of drug-likeness (QED) is 0.304. The van der Waals surface area contributed by atoms with Gasteiger partial charge in [-0.3, -0.25) is 0 Å². The molecule has 0 heterocycles. The van der Waals surface area contributed by atoms with E-state index in [0.717, 1.165) is 0 Å². The molecule has 0 aliphatic rings. The van der Waals surface area contributed by atoms with Gasteiger partial charge in [-0.15, -0.1) is 0 Å². The second-order valence-corrected chi connectivity index (χ2v) is 1.34. The Labute approximate surface area is 48.1 Å². The molecular weight excluding hydrogens is 104 g/mol. The maximum atomic E-state index is 5.04. The Morgan fingerprint density at radius 1 is 1.50 bits per heavy atom. The normalized spacial score (nSPS) is 10.9. The van der Waals surface area contributed by atoms with Gasteiger partial charge in [-0.25, -0.2) is 4.99 Å². The Morgan fingerprint density at radius 3 is 2.12 bits per heavy atom. The number of hydrogen-bond acceptors (Lipinski definition) is 2. The van der Waals surface area contributed by atoms with Crippen LogP contribution in [-0.2, 0) is 0 Å². The summed E-state index contributed by atoms with van der Waals surface area (Å²) in [6.45, 7) is 1.71. The summed E-state index contributed by atoms with van der Waals surface area (Å²) < 4.78 is 0. The number of aliphatic imine (C=N–C) groups is 1. The topological polar surface area (TPSA) is 90.4 Å². The average molecular weight is 114 g/mol. The van der Waals surface area contributed by atoms with Crippen molar-refractivity contribution in [3.05, 3.63) is 11.9 Å². The number of nitrogens with zero attached hydrogens (tertiary/aromatic N) is 1. The van der Waals surface area contributed by atoms with Crippen molar-refractivity contribution >= 4 is 5.96 Å². The van der Waals surface area contributed by atoms with Crippen LogP contribution in [0.15, 0.2) is 16.9 Å². The maximum absolute atomic E-state index is 5.04. The van der Waals surface area contributed by atoms with E-state index in [1.54, 1.807) is 6.92 Å². The van der Waals surface area contributed by atoms with Gasteiger partial charge in [0.25, 0.3) is 0 Å². The zero-order valence-corrected chi connectivity index (χ0v) is 4.76.